The molecule has 3 heteroatoms. The minimum Gasteiger partial charge on any atom is -0.465 e. The largest absolute Gasteiger partial charge is 0.465 e. The molecule has 1 saturated carbocycles. The van der Waals surface area contributed by atoms with E-state index in [-0.39, 0.29) is 0 Å². The van der Waals surface area contributed by atoms with Gasteiger partial charge in [-0.1, -0.05) is 6.08 Å². The monoisotopic (exact) mass is 262 g/mol. The lowest BCUT2D eigenvalue weighted by Gasteiger charge is -2.13. The highest BCUT2D eigenvalue weighted by atomic mass is 16.3. The molecule has 0 atom stereocenters. The highest BCUT2D eigenvalue weighted by Crippen LogP contribution is 2.21. The summed E-state index contributed by atoms with van der Waals surface area (Å²) in [5.74, 6) is 2.13. The highest BCUT2D eigenvalue weighted by Gasteiger charge is 2.21. The van der Waals surface area contributed by atoms with Crippen LogP contribution in [-0.4, -0.2) is 24.5 Å². The van der Waals surface area contributed by atoms with Gasteiger partial charge >= 0.3 is 0 Å². The third-order valence-corrected chi connectivity index (χ3v) is 3.60. The summed E-state index contributed by atoms with van der Waals surface area (Å²) in [4.78, 5) is 2.31. The summed E-state index contributed by atoms with van der Waals surface area (Å²) < 4.78 is 5.84. The van der Waals surface area contributed by atoms with Crippen molar-refractivity contribution >= 4 is 0 Å². The first-order chi connectivity index (χ1) is 9.19. The lowest BCUT2D eigenvalue weighted by atomic mass is 10.2. The van der Waals surface area contributed by atoms with Crippen molar-refractivity contribution in [3.8, 4) is 0 Å². The smallest absolute Gasteiger partial charge is 0.118 e. The van der Waals surface area contributed by atoms with Gasteiger partial charge in [-0.05, 0) is 52.3 Å². The molecule has 1 heterocycles. The second-order valence-corrected chi connectivity index (χ2v) is 5.62. The molecular formula is C16H26N2O. The van der Waals surface area contributed by atoms with Crippen LogP contribution in [0.3, 0.4) is 0 Å². The zero-order valence-electron chi connectivity index (χ0n) is 12.2. The average Bonchev–Trinajstić information content (AvgIpc) is 3.12. The molecule has 1 fully saturated rings. The molecule has 2 rings (SSSR count). The number of hydrogen-bond acceptors (Lipinski definition) is 3. The SMILES string of the molecule is C=CCCCN(C)Cc1cc(CNC2CC2)c(C)o1. The standard InChI is InChI=1S/C16H26N2O/c1-4-5-6-9-18(3)12-16-10-14(13(2)19-16)11-17-15-7-8-15/h4,10,15,17H,1,5-9,11-12H2,2-3H3. The zero-order valence-corrected chi connectivity index (χ0v) is 12.2. The van der Waals surface area contributed by atoms with Crippen LogP contribution < -0.4 is 5.32 Å². The number of aryl methyl sites for hydroxylation is 1. The molecule has 1 aromatic heterocycles. The van der Waals surface area contributed by atoms with E-state index in [1.807, 2.05) is 6.08 Å². The number of hydrogen-bond donors (Lipinski definition) is 1. The van der Waals surface area contributed by atoms with Crippen molar-refractivity contribution < 1.29 is 4.42 Å². The van der Waals surface area contributed by atoms with Crippen LogP contribution in [0.2, 0.25) is 0 Å². The van der Waals surface area contributed by atoms with Crippen LogP contribution >= 0.6 is 0 Å². The Balaban J connectivity index is 1.78. The summed E-state index contributed by atoms with van der Waals surface area (Å²) in [7, 11) is 2.14. The van der Waals surface area contributed by atoms with Crippen molar-refractivity contribution in [2.24, 2.45) is 0 Å². The maximum atomic E-state index is 5.84. The van der Waals surface area contributed by atoms with Gasteiger partial charge in [0.1, 0.15) is 11.5 Å². The van der Waals surface area contributed by atoms with Gasteiger partial charge in [0.25, 0.3) is 0 Å². The van der Waals surface area contributed by atoms with Crippen LogP contribution in [0.25, 0.3) is 0 Å². The van der Waals surface area contributed by atoms with Gasteiger partial charge in [0.05, 0.1) is 6.54 Å². The fourth-order valence-corrected chi connectivity index (χ4v) is 2.23. The summed E-state index contributed by atoms with van der Waals surface area (Å²) in [6.07, 6.45) is 6.88. The van der Waals surface area contributed by atoms with Gasteiger partial charge in [-0.25, -0.2) is 0 Å². The van der Waals surface area contributed by atoms with Crippen LogP contribution in [0.1, 0.15) is 42.8 Å². The minimum atomic E-state index is 0.749. The molecule has 1 aliphatic rings. The maximum Gasteiger partial charge on any atom is 0.118 e. The van der Waals surface area contributed by atoms with E-state index in [9.17, 15) is 0 Å². The molecule has 1 N–H and O–H groups in total. The topological polar surface area (TPSA) is 28.4 Å². The van der Waals surface area contributed by atoms with E-state index in [4.69, 9.17) is 4.42 Å². The summed E-state index contributed by atoms with van der Waals surface area (Å²) in [5, 5.41) is 3.54. The molecule has 0 aromatic carbocycles. The van der Waals surface area contributed by atoms with Gasteiger partial charge in [0, 0.05) is 18.2 Å². The number of furan rings is 1. The van der Waals surface area contributed by atoms with Gasteiger partial charge in [-0.2, -0.15) is 0 Å². The zero-order chi connectivity index (χ0) is 13.7. The normalized spacial score (nSPS) is 15.1. The molecular weight excluding hydrogens is 236 g/mol. The molecule has 0 amide bonds. The Morgan fingerprint density at radius 3 is 3.00 bits per heavy atom. The van der Waals surface area contributed by atoms with Gasteiger partial charge in [-0.3, -0.25) is 4.90 Å². The van der Waals surface area contributed by atoms with Crippen molar-refractivity contribution in [1.82, 2.24) is 10.2 Å². The molecule has 1 aromatic rings. The molecule has 0 bridgehead atoms. The Morgan fingerprint density at radius 2 is 2.32 bits per heavy atom. The third kappa shape index (κ3) is 4.84. The predicted molar refractivity (Wildman–Crippen MR) is 79.1 cm³/mol. The van der Waals surface area contributed by atoms with E-state index >= 15 is 0 Å². The van der Waals surface area contributed by atoms with Crippen LogP contribution in [-0.2, 0) is 13.1 Å². The number of rotatable bonds is 9. The molecule has 0 radical (unpaired) electrons. The fourth-order valence-electron chi connectivity index (χ4n) is 2.23. The Bertz CT molecular complexity index is 407. The molecule has 3 nitrogen and oxygen atoms in total. The number of allylic oxidation sites excluding steroid dienone is 1. The van der Waals surface area contributed by atoms with E-state index in [2.05, 4.69) is 36.8 Å². The quantitative estimate of drug-likeness (QED) is 0.547. The maximum absolute atomic E-state index is 5.84. The second-order valence-electron chi connectivity index (χ2n) is 5.62. The average molecular weight is 262 g/mol. The van der Waals surface area contributed by atoms with E-state index in [0.29, 0.717) is 0 Å². The highest BCUT2D eigenvalue weighted by molar-refractivity contribution is 5.21. The Kier molecular flexibility index (Phi) is 5.23. The number of nitrogens with zero attached hydrogens (tertiary/aromatic N) is 1. The van der Waals surface area contributed by atoms with E-state index in [1.54, 1.807) is 0 Å². The lowest BCUT2D eigenvalue weighted by Crippen LogP contribution is -2.18. The Morgan fingerprint density at radius 1 is 1.53 bits per heavy atom. The van der Waals surface area contributed by atoms with Crippen LogP contribution in [0.15, 0.2) is 23.1 Å². The third-order valence-electron chi connectivity index (χ3n) is 3.60. The first kappa shape index (κ1) is 14.4. The molecule has 0 aliphatic heterocycles. The van der Waals surface area contributed by atoms with Crippen molar-refractivity contribution in [2.45, 2.75) is 51.7 Å². The molecule has 19 heavy (non-hydrogen) atoms. The van der Waals surface area contributed by atoms with Crippen LogP contribution in [0.4, 0.5) is 0 Å². The van der Waals surface area contributed by atoms with E-state index < -0.39 is 0 Å². The Labute approximate surface area is 116 Å². The second kappa shape index (κ2) is 6.92. The van der Waals surface area contributed by atoms with Crippen LogP contribution in [0.5, 0.6) is 0 Å². The lowest BCUT2D eigenvalue weighted by molar-refractivity contribution is 0.289. The van der Waals surface area contributed by atoms with Gasteiger partial charge in [0.15, 0.2) is 0 Å². The summed E-state index contributed by atoms with van der Waals surface area (Å²) in [6, 6.07) is 2.95. The molecule has 0 saturated heterocycles. The summed E-state index contributed by atoms with van der Waals surface area (Å²) >= 11 is 0. The van der Waals surface area contributed by atoms with Gasteiger partial charge in [-0.15, -0.1) is 6.58 Å². The van der Waals surface area contributed by atoms with Gasteiger partial charge in [0.2, 0.25) is 0 Å². The molecule has 0 unspecified atom stereocenters. The van der Waals surface area contributed by atoms with E-state index in [0.717, 1.165) is 50.0 Å². The van der Waals surface area contributed by atoms with Crippen molar-refractivity contribution in [3.63, 3.8) is 0 Å². The van der Waals surface area contributed by atoms with Crippen LogP contribution in [0, 0.1) is 6.92 Å². The Hall–Kier alpha value is -1.06. The van der Waals surface area contributed by atoms with Gasteiger partial charge < -0.3 is 9.73 Å². The first-order valence-electron chi connectivity index (χ1n) is 7.30. The fraction of sp³-hybridized carbons (Fsp3) is 0.625. The number of nitrogens with one attached hydrogen (secondary N) is 1. The van der Waals surface area contributed by atoms with Crippen molar-refractivity contribution in [2.75, 3.05) is 13.6 Å². The molecule has 1 aliphatic carbocycles. The van der Waals surface area contributed by atoms with Crippen molar-refractivity contribution in [3.05, 3.63) is 35.8 Å². The summed E-state index contributed by atoms with van der Waals surface area (Å²) in [5.41, 5.74) is 1.31. The first-order valence-corrected chi connectivity index (χ1v) is 7.30. The minimum absolute atomic E-state index is 0.749. The molecule has 0 spiro atoms. The summed E-state index contributed by atoms with van der Waals surface area (Å²) in [6.45, 7) is 8.73. The molecule has 106 valence electrons. The number of unbranched alkanes of at least 4 members (excludes halogenated alkanes) is 1. The van der Waals surface area contributed by atoms with Crippen molar-refractivity contribution in [1.29, 1.82) is 0 Å². The van der Waals surface area contributed by atoms with E-state index in [1.165, 1.54) is 18.4 Å². The predicted octanol–water partition coefficient (Wildman–Crippen LogP) is 3.24.